The van der Waals surface area contributed by atoms with Crippen LogP contribution >= 0.6 is 0 Å². The Hall–Kier alpha value is -4.00. The van der Waals surface area contributed by atoms with Crippen molar-refractivity contribution in [3.05, 3.63) is 83.9 Å². The molecule has 0 radical (unpaired) electrons. The number of hydrogen-bond acceptors (Lipinski definition) is 5. The van der Waals surface area contributed by atoms with Gasteiger partial charge in [0.25, 0.3) is 5.96 Å². The smallest absolute Gasteiger partial charge is 0.365 e. The number of hydrogen-bond donors (Lipinski definition) is 3. The minimum Gasteiger partial charge on any atom is -0.493 e. The molecule has 1 aromatic heterocycles. The van der Waals surface area contributed by atoms with Gasteiger partial charge in [0.2, 0.25) is 6.17 Å². The molecule has 150 valence electrons. The van der Waals surface area contributed by atoms with Crippen LogP contribution in [0.5, 0.6) is 11.5 Å². The number of ether oxygens (including phenoxy) is 2. The van der Waals surface area contributed by atoms with Crippen LogP contribution in [0.2, 0.25) is 0 Å². The lowest BCUT2D eigenvalue weighted by Gasteiger charge is -2.19. The second-order valence-electron chi connectivity index (χ2n) is 7.06. The van der Waals surface area contributed by atoms with Gasteiger partial charge in [0.1, 0.15) is 17.6 Å². The Morgan fingerprint density at radius 3 is 2.63 bits per heavy atom. The van der Waals surface area contributed by atoms with Gasteiger partial charge in [-0.25, -0.2) is 14.9 Å². The number of nitrogens with two attached hydrogens (primary N) is 1. The summed E-state index contributed by atoms with van der Waals surface area (Å²) in [4.78, 5) is 8.00. The molecule has 0 saturated heterocycles. The number of imidazole rings is 1. The molecule has 1 aliphatic heterocycles. The van der Waals surface area contributed by atoms with Crippen LogP contribution < -0.4 is 25.1 Å². The van der Waals surface area contributed by atoms with E-state index < -0.39 is 0 Å². The average Bonchev–Trinajstić information content (AvgIpc) is 3.16. The van der Waals surface area contributed by atoms with Gasteiger partial charge in [-0.1, -0.05) is 42.5 Å². The van der Waals surface area contributed by atoms with Crippen molar-refractivity contribution < 1.29 is 14.0 Å². The molecule has 2 heterocycles. The molecule has 7 heteroatoms. The van der Waals surface area contributed by atoms with E-state index in [9.17, 15) is 0 Å². The Kier molecular flexibility index (Phi) is 4.48. The summed E-state index contributed by atoms with van der Waals surface area (Å²) < 4.78 is 13.7. The number of H-pyrrole nitrogens is 1. The van der Waals surface area contributed by atoms with Gasteiger partial charge in [-0.15, -0.1) is 0 Å². The summed E-state index contributed by atoms with van der Waals surface area (Å²) in [6, 6.07) is 24.0. The van der Waals surface area contributed by atoms with E-state index in [-0.39, 0.29) is 6.17 Å². The van der Waals surface area contributed by atoms with Crippen LogP contribution in [0.4, 0.5) is 5.95 Å². The molecule has 3 aromatic carbocycles. The number of nitrogens with zero attached hydrogens (tertiary/aromatic N) is 2. The molecule has 0 amide bonds. The Bertz CT molecular complexity index is 1230. The van der Waals surface area contributed by atoms with Gasteiger partial charge in [-0.2, -0.15) is 4.99 Å². The molecule has 0 aliphatic carbocycles. The molecule has 5 rings (SSSR count). The molecule has 0 unspecified atom stereocenters. The highest BCUT2D eigenvalue weighted by molar-refractivity contribution is 5.92. The fourth-order valence-electron chi connectivity index (χ4n) is 3.71. The second kappa shape index (κ2) is 7.44. The molecule has 4 N–H and O–H groups in total. The van der Waals surface area contributed by atoms with Crippen molar-refractivity contribution in [2.24, 2.45) is 10.7 Å². The van der Waals surface area contributed by atoms with Crippen molar-refractivity contribution >= 4 is 22.9 Å². The van der Waals surface area contributed by atoms with E-state index in [1.165, 1.54) is 0 Å². The van der Waals surface area contributed by atoms with E-state index in [0.717, 1.165) is 28.1 Å². The third kappa shape index (κ3) is 3.20. The molecule has 0 spiro atoms. The standard InChI is InChI=1S/C23H21N5O2/c1-29-20-13-16(11-12-19(20)30-14-15-7-3-2-4-8-15)21-26-22(24)27-23-25-17-9-5-6-10-18(17)28(21)23/h2-13,21H,14H2,1H3,(H3,24,25,26,27)/p+1/t21-/m0/s1. The fraction of sp³-hybridized carbons (Fsp3) is 0.130. The third-order valence-corrected chi connectivity index (χ3v) is 5.13. The van der Waals surface area contributed by atoms with E-state index in [4.69, 9.17) is 15.2 Å². The first-order valence-corrected chi connectivity index (χ1v) is 9.70. The number of aromatic amines is 1. The van der Waals surface area contributed by atoms with Crippen molar-refractivity contribution in [2.45, 2.75) is 12.8 Å². The van der Waals surface area contributed by atoms with Gasteiger partial charge >= 0.3 is 5.95 Å². The molecule has 1 aliphatic rings. The second-order valence-corrected chi connectivity index (χ2v) is 7.06. The first-order chi connectivity index (χ1) is 14.7. The van der Waals surface area contributed by atoms with Crippen molar-refractivity contribution in [2.75, 3.05) is 12.4 Å². The largest absolute Gasteiger partial charge is 0.493 e. The molecule has 7 nitrogen and oxygen atoms in total. The zero-order valence-electron chi connectivity index (χ0n) is 16.5. The van der Waals surface area contributed by atoms with Crippen LogP contribution in [0.25, 0.3) is 11.0 Å². The zero-order chi connectivity index (χ0) is 20.5. The van der Waals surface area contributed by atoms with E-state index in [1.54, 1.807) is 7.11 Å². The van der Waals surface area contributed by atoms with Gasteiger partial charge in [-0.3, -0.25) is 0 Å². The van der Waals surface area contributed by atoms with Crippen molar-refractivity contribution in [3.63, 3.8) is 0 Å². The summed E-state index contributed by atoms with van der Waals surface area (Å²) in [5, 5.41) is 3.11. The maximum atomic E-state index is 6.06. The zero-order valence-corrected chi connectivity index (χ0v) is 16.5. The maximum absolute atomic E-state index is 6.06. The van der Waals surface area contributed by atoms with Gasteiger partial charge < -0.3 is 15.2 Å². The minimum absolute atomic E-state index is 0.325. The summed E-state index contributed by atoms with van der Waals surface area (Å²) in [5.74, 6) is 2.48. The summed E-state index contributed by atoms with van der Waals surface area (Å²) in [6.07, 6.45) is -0.325. The highest BCUT2D eigenvalue weighted by Crippen LogP contribution is 2.33. The van der Waals surface area contributed by atoms with Gasteiger partial charge in [0, 0.05) is 5.56 Å². The fourth-order valence-corrected chi connectivity index (χ4v) is 3.71. The van der Waals surface area contributed by atoms with Crippen LogP contribution in [0.3, 0.4) is 0 Å². The minimum atomic E-state index is -0.325. The molecule has 4 aromatic rings. The van der Waals surface area contributed by atoms with Gasteiger partial charge in [0.15, 0.2) is 11.5 Å². The lowest BCUT2D eigenvalue weighted by Crippen LogP contribution is -2.48. The topological polar surface area (TPSA) is 88.5 Å². The van der Waals surface area contributed by atoms with Crippen molar-refractivity contribution in [1.29, 1.82) is 0 Å². The first-order valence-electron chi connectivity index (χ1n) is 9.70. The van der Waals surface area contributed by atoms with Gasteiger partial charge in [0.05, 0.1) is 7.11 Å². The number of fused-ring (bicyclic) bond motifs is 3. The predicted octanol–water partition coefficient (Wildman–Crippen LogP) is 3.33. The maximum Gasteiger partial charge on any atom is 0.365 e. The Morgan fingerprint density at radius 2 is 1.80 bits per heavy atom. The Balaban J connectivity index is 1.50. The molecular weight excluding hydrogens is 378 g/mol. The SMILES string of the molecule is COc1cc([C@H]2N=C(N)Nc3[nH]c4ccccc4[n+]32)ccc1OCc1ccccc1. The van der Waals surface area contributed by atoms with E-state index >= 15 is 0 Å². The highest BCUT2D eigenvalue weighted by atomic mass is 16.5. The number of anilines is 1. The van der Waals surface area contributed by atoms with Crippen LogP contribution in [0, 0.1) is 0 Å². The quantitative estimate of drug-likeness (QED) is 0.449. The van der Waals surface area contributed by atoms with Crippen LogP contribution in [-0.4, -0.2) is 18.1 Å². The Labute approximate surface area is 173 Å². The van der Waals surface area contributed by atoms with E-state index in [1.807, 2.05) is 66.7 Å². The monoisotopic (exact) mass is 400 g/mol. The van der Waals surface area contributed by atoms with Crippen LogP contribution in [0.15, 0.2) is 77.8 Å². The lowest BCUT2D eigenvalue weighted by molar-refractivity contribution is -0.674. The van der Waals surface area contributed by atoms with Gasteiger partial charge in [-0.05, 0) is 35.9 Å². The van der Waals surface area contributed by atoms with Crippen molar-refractivity contribution in [1.82, 2.24) is 4.98 Å². The molecule has 1 atom stereocenters. The average molecular weight is 400 g/mol. The molecule has 30 heavy (non-hydrogen) atoms. The molecule has 0 saturated carbocycles. The van der Waals surface area contributed by atoms with E-state index in [2.05, 4.69) is 25.9 Å². The summed E-state index contributed by atoms with van der Waals surface area (Å²) >= 11 is 0. The van der Waals surface area contributed by atoms with Crippen molar-refractivity contribution in [3.8, 4) is 11.5 Å². The molecule has 0 bridgehead atoms. The Morgan fingerprint density at radius 1 is 1.00 bits per heavy atom. The molecular formula is C23H22N5O2+. The number of aliphatic imine (C=N–C) groups is 1. The van der Waals surface area contributed by atoms with E-state index in [0.29, 0.717) is 24.1 Å². The number of guanidine groups is 1. The normalized spacial score (nSPS) is 15.2. The summed E-state index contributed by atoms with van der Waals surface area (Å²) in [6.45, 7) is 0.469. The third-order valence-electron chi connectivity index (χ3n) is 5.13. The lowest BCUT2D eigenvalue weighted by atomic mass is 10.1. The number of rotatable bonds is 5. The number of methoxy groups -OCH3 is 1. The van der Waals surface area contributed by atoms with Crippen LogP contribution in [0.1, 0.15) is 17.3 Å². The number of nitrogens with one attached hydrogen (secondary N) is 2. The summed E-state index contributed by atoms with van der Waals surface area (Å²) in [5.41, 5.74) is 10.1. The molecule has 0 fully saturated rings. The number of benzene rings is 3. The summed E-state index contributed by atoms with van der Waals surface area (Å²) in [7, 11) is 1.64. The first kappa shape index (κ1) is 18.1. The highest BCUT2D eigenvalue weighted by Gasteiger charge is 2.31. The number of aromatic nitrogens is 2. The number of para-hydroxylation sites is 2. The van der Waals surface area contributed by atoms with Crippen LogP contribution in [-0.2, 0) is 6.61 Å². The predicted molar refractivity (Wildman–Crippen MR) is 116 cm³/mol.